The topological polar surface area (TPSA) is 128 Å². The first kappa shape index (κ1) is 24.7. The molecule has 1 amide bonds. The summed E-state index contributed by atoms with van der Waals surface area (Å²) in [5.74, 6) is -0.635. The summed E-state index contributed by atoms with van der Waals surface area (Å²) in [5.41, 5.74) is 7.91. The molecule has 1 heterocycles. The number of carbonyl (C=O) groups excluding carboxylic acids is 3. The summed E-state index contributed by atoms with van der Waals surface area (Å²) in [7, 11) is 0. The van der Waals surface area contributed by atoms with Crippen LogP contribution in [0.4, 0.5) is 5.69 Å². The van der Waals surface area contributed by atoms with E-state index >= 15 is 0 Å². The van der Waals surface area contributed by atoms with Gasteiger partial charge in [0.2, 0.25) is 5.91 Å². The molecule has 3 N–H and O–H groups in total. The molecule has 0 aliphatic carbocycles. The fraction of sp³-hybridized carbons (Fsp3) is 0.240. The number of rotatable bonds is 13. The van der Waals surface area contributed by atoms with Crippen LogP contribution in [0.15, 0.2) is 66.0 Å². The molecule has 0 fully saturated rings. The van der Waals surface area contributed by atoms with Gasteiger partial charge in [-0.1, -0.05) is 0 Å². The Labute approximate surface area is 202 Å². The van der Waals surface area contributed by atoms with E-state index < -0.39 is 11.8 Å². The third-order valence-electron chi connectivity index (χ3n) is 5.19. The van der Waals surface area contributed by atoms with Gasteiger partial charge in [0.15, 0.2) is 5.78 Å². The lowest BCUT2D eigenvalue weighted by Gasteiger charge is -2.11. The van der Waals surface area contributed by atoms with Crippen molar-refractivity contribution in [2.45, 2.75) is 25.7 Å². The summed E-state index contributed by atoms with van der Waals surface area (Å²) in [6.07, 6.45) is 4.36. The van der Waals surface area contributed by atoms with Gasteiger partial charge < -0.3 is 15.5 Å². The molecule has 0 spiro atoms. The first-order valence-corrected chi connectivity index (χ1v) is 11.1. The van der Waals surface area contributed by atoms with E-state index in [0.29, 0.717) is 42.0 Å². The van der Waals surface area contributed by atoms with E-state index in [4.69, 9.17) is 10.5 Å². The van der Waals surface area contributed by atoms with Crippen LogP contribution in [-0.4, -0.2) is 39.2 Å². The predicted molar refractivity (Wildman–Crippen MR) is 130 cm³/mol. The number of benzene rings is 2. The van der Waals surface area contributed by atoms with Crippen molar-refractivity contribution in [2.24, 2.45) is 16.6 Å². The van der Waals surface area contributed by atoms with Crippen LogP contribution in [0.5, 0.6) is 5.75 Å². The molecule has 1 aromatic heterocycles. The molecule has 9 heteroatoms. The number of nitrogens with two attached hydrogens (primary N) is 1. The molecule has 1 unspecified atom stereocenters. The van der Waals surface area contributed by atoms with Gasteiger partial charge in [-0.2, -0.15) is 4.99 Å². The highest BCUT2D eigenvalue weighted by molar-refractivity contribution is 7.78. The third-order valence-corrected chi connectivity index (χ3v) is 5.28. The number of amides is 1. The number of hydrogen-bond acceptors (Lipinski definition) is 7. The minimum atomic E-state index is -0.567. The van der Waals surface area contributed by atoms with Crippen LogP contribution in [0, 0.1) is 5.92 Å². The van der Waals surface area contributed by atoms with E-state index in [1.807, 2.05) is 0 Å². The van der Waals surface area contributed by atoms with Gasteiger partial charge in [0, 0.05) is 42.3 Å². The van der Waals surface area contributed by atoms with Crippen molar-refractivity contribution >= 4 is 40.5 Å². The fourth-order valence-corrected chi connectivity index (χ4v) is 3.49. The number of carbonyl (C=O) groups is 3. The Kier molecular flexibility index (Phi) is 8.96. The van der Waals surface area contributed by atoms with Crippen LogP contribution in [0.3, 0.4) is 0 Å². The Morgan fingerprint density at radius 2 is 1.76 bits per heavy atom. The Morgan fingerprint density at radius 3 is 2.35 bits per heavy atom. The number of aromatic nitrogens is 2. The number of aromatic amines is 1. The number of aliphatic imine (C=N–C) groups is 1. The number of nitrogens with one attached hydrogen (secondary N) is 1. The van der Waals surface area contributed by atoms with Gasteiger partial charge in [-0.05, 0) is 67.2 Å². The summed E-state index contributed by atoms with van der Waals surface area (Å²) in [4.78, 5) is 47.2. The average molecular weight is 477 g/mol. The second-order valence-electron chi connectivity index (χ2n) is 7.68. The molecule has 0 aliphatic rings. The Balaban J connectivity index is 1.43. The molecule has 1 atom stereocenters. The number of imidazole rings is 1. The molecule has 0 radical (unpaired) electrons. The minimum Gasteiger partial charge on any atom is -0.494 e. The molecular weight excluding hydrogens is 452 g/mol. The maximum Gasteiger partial charge on any atom is 0.221 e. The molecule has 8 nitrogen and oxygen atoms in total. The van der Waals surface area contributed by atoms with Crippen LogP contribution in [0.1, 0.15) is 40.9 Å². The third kappa shape index (κ3) is 7.30. The monoisotopic (exact) mass is 476 g/mol. The van der Waals surface area contributed by atoms with E-state index in [-0.39, 0.29) is 24.4 Å². The van der Waals surface area contributed by atoms with Crippen molar-refractivity contribution in [1.29, 1.82) is 0 Å². The zero-order chi connectivity index (χ0) is 24.3. The smallest absolute Gasteiger partial charge is 0.221 e. The fourth-order valence-electron chi connectivity index (χ4n) is 3.38. The normalized spacial score (nSPS) is 11.3. The first-order chi connectivity index (χ1) is 16.5. The van der Waals surface area contributed by atoms with E-state index in [1.54, 1.807) is 54.7 Å². The van der Waals surface area contributed by atoms with Gasteiger partial charge in [-0.25, -0.2) is 4.98 Å². The number of isothiocyanates is 1. The van der Waals surface area contributed by atoms with Crippen molar-refractivity contribution < 1.29 is 19.1 Å². The van der Waals surface area contributed by atoms with Gasteiger partial charge >= 0.3 is 0 Å². The second-order valence-corrected chi connectivity index (χ2v) is 7.86. The molecule has 34 heavy (non-hydrogen) atoms. The van der Waals surface area contributed by atoms with E-state index in [0.717, 1.165) is 5.69 Å². The van der Waals surface area contributed by atoms with Gasteiger partial charge in [0.1, 0.15) is 11.5 Å². The van der Waals surface area contributed by atoms with Crippen LogP contribution in [0.25, 0.3) is 0 Å². The highest BCUT2D eigenvalue weighted by Gasteiger charge is 2.20. The summed E-state index contributed by atoms with van der Waals surface area (Å²) in [5, 5.41) is 2.29. The maximum atomic E-state index is 12.6. The molecule has 3 aromatic rings. The SMILES string of the molecule is NC(=O)C(CC(=O)CCCOc1ccc(C(=O)c2ccc(N=C=S)cc2)cc1)Cc1cnc[nH]1. The number of nitrogens with zero attached hydrogens (tertiary/aromatic N) is 2. The van der Waals surface area contributed by atoms with Crippen molar-refractivity contribution in [3.05, 3.63) is 77.9 Å². The number of Topliss-reactive ketones (excluding diaryl/α,β-unsaturated/α-hetero) is 1. The Hall–Kier alpha value is -3.94. The van der Waals surface area contributed by atoms with Gasteiger partial charge in [0.05, 0.1) is 29.7 Å². The number of hydrogen-bond donors (Lipinski definition) is 2. The number of H-pyrrole nitrogens is 1. The maximum absolute atomic E-state index is 12.6. The average Bonchev–Trinajstić information content (AvgIpc) is 3.35. The lowest BCUT2D eigenvalue weighted by atomic mass is 9.95. The molecule has 2 aromatic carbocycles. The lowest BCUT2D eigenvalue weighted by Crippen LogP contribution is -2.27. The number of ketones is 2. The van der Waals surface area contributed by atoms with Crippen molar-refractivity contribution in [3.8, 4) is 5.75 Å². The van der Waals surface area contributed by atoms with Crippen molar-refractivity contribution in [1.82, 2.24) is 9.97 Å². The highest BCUT2D eigenvalue weighted by Crippen LogP contribution is 2.19. The van der Waals surface area contributed by atoms with Crippen LogP contribution in [0.2, 0.25) is 0 Å². The standard InChI is InChI=1S/C25H24N4O4S/c26-25(32)19(12-21-14-27-15-28-21)13-22(30)2-1-11-33-23-9-5-18(6-10-23)24(31)17-3-7-20(8-4-17)29-16-34/h3-10,14-15,19H,1-2,11-13H2,(H2,26,32)(H,27,28). The molecular formula is C25H24N4O4S. The molecule has 3 rings (SSSR count). The molecule has 0 aliphatic heterocycles. The minimum absolute atomic E-state index is 0.0461. The zero-order valence-corrected chi connectivity index (χ0v) is 19.2. The second kappa shape index (κ2) is 12.3. The predicted octanol–water partition coefficient (Wildman–Crippen LogP) is 3.84. The number of thiocarbonyl (C=S) groups is 1. The van der Waals surface area contributed by atoms with E-state index in [1.165, 1.54) is 6.33 Å². The zero-order valence-electron chi connectivity index (χ0n) is 18.4. The molecule has 0 bridgehead atoms. The molecule has 0 saturated heterocycles. The van der Waals surface area contributed by atoms with Crippen LogP contribution >= 0.6 is 12.2 Å². The summed E-state index contributed by atoms with van der Waals surface area (Å²) < 4.78 is 5.68. The van der Waals surface area contributed by atoms with E-state index in [9.17, 15) is 14.4 Å². The molecule has 0 saturated carbocycles. The van der Waals surface area contributed by atoms with Crippen molar-refractivity contribution in [3.63, 3.8) is 0 Å². The quantitative estimate of drug-likeness (QED) is 0.167. The largest absolute Gasteiger partial charge is 0.494 e. The van der Waals surface area contributed by atoms with Crippen LogP contribution in [-0.2, 0) is 16.0 Å². The van der Waals surface area contributed by atoms with Crippen LogP contribution < -0.4 is 10.5 Å². The Bertz CT molecular complexity index is 1170. The molecule has 174 valence electrons. The van der Waals surface area contributed by atoms with E-state index in [2.05, 4.69) is 32.3 Å². The lowest BCUT2D eigenvalue weighted by molar-refractivity contribution is -0.127. The van der Waals surface area contributed by atoms with Gasteiger partial charge in [-0.3, -0.25) is 14.4 Å². The van der Waals surface area contributed by atoms with Gasteiger partial charge in [0.25, 0.3) is 0 Å². The summed E-state index contributed by atoms with van der Waals surface area (Å²) in [6, 6.07) is 13.6. The van der Waals surface area contributed by atoms with Crippen molar-refractivity contribution in [2.75, 3.05) is 6.61 Å². The Morgan fingerprint density at radius 1 is 1.09 bits per heavy atom. The number of ether oxygens (including phenoxy) is 1. The first-order valence-electron chi connectivity index (χ1n) is 10.7. The van der Waals surface area contributed by atoms with Gasteiger partial charge in [-0.15, -0.1) is 0 Å². The highest BCUT2D eigenvalue weighted by atomic mass is 32.1. The number of primary amides is 1. The summed E-state index contributed by atoms with van der Waals surface area (Å²) >= 11 is 4.57. The summed E-state index contributed by atoms with van der Waals surface area (Å²) in [6.45, 7) is 0.336.